The average Bonchev–Trinajstić information content (AvgIpc) is 3.24. The molecule has 0 saturated heterocycles. The number of hydrogen-bond acceptors (Lipinski definition) is 7. The summed E-state index contributed by atoms with van der Waals surface area (Å²) in [5, 5.41) is 11.7. The van der Waals surface area contributed by atoms with Crippen molar-refractivity contribution in [1.29, 1.82) is 0 Å². The third kappa shape index (κ3) is 42.5. The molecule has 8 heteroatoms. The number of carboxylic acid groups (broad SMARTS) is 1. The number of ether oxygens (including phenoxy) is 3. The first-order valence-corrected chi connectivity index (χ1v) is 23.8. The first kappa shape index (κ1) is 58.5. The zero-order valence-corrected chi connectivity index (χ0v) is 39.9. The van der Waals surface area contributed by atoms with Crippen LogP contribution in [0.15, 0.2) is 134 Å². The van der Waals surface area contributed by atoms with E-state index in [0.717, 1.165) is 103 Å². The zero-order chi connectivity index (χ0) is 46.3. The van der Waals surface area contributed by atoms with Crippen LogP contribution in [0.5, 0.6) is 0 Å². The molecule has 2 unspecified atom stereocenters. The topological polar surface area (TPSA) is 102 Å². The Morgan fingerprint density at radius 3 is 1.44 bits per heavy atom. The number of allylic oxidation sites excluding steroid dienone is 22. The minimum Gasteiger partial charge on any atom is -0.544 e. The highest BCUT2D eigenvalue weighted by Gasteiger charge is 2.25. The molecule has 0 spiro atoms. The van der Waals surface area contributed by atoms with Crippen LogP contribution in [0.25, 0.3) is 0 Å². The highest BCUT2D eigenvalue weighted by molar-refractivity contribution is 5.70. The molecule has 0 radical (unpaired) electrons. The molecule has 63 heavy (non-hydrogen) atoms. The second-order valence-corrected chi connectivity index (χ2v) is 16.4. The van der Waals surface area contributed by atoms with Crippen LogP contribution in [0.4, 0.5) is 0 Å². The lowest BCUT2D eigenvalue weighted by atomic mass is 10.1. The van der Waals surface area contributed by atoms with Crippen LogP contribution >= 0.6 is 0 Å². The van der Waals surface area contributed by atoms with Gasteiger partial charge >= 0.3 is 11.9 Å². The third-order valence-electron chi connectivity index (χ3n) is 9.69. The molecule has 0 aliphatic rings. The molecular formula is C55H85NO7. The lowest BCUT2D eigenvalue weighted by Crippen LogP contribution is -2.55. The summed E-state index contributed by atoms with van der Waals surface area (Å²) >= 11 is 0. The van der Waals surface area contributed by atoms with E-state index in [-0.39, 0.29) is 55.5 Å². The number of nitrogens with zero attached hydrogens (tertiary/aromatic N) is 1. The van der Waals surface area contributed by atoms with Gasteiger partial charge in [0.1, 0.15) is 12.6 Å². The summed E-state index contributed by atoms with van der Waals surface area (Å²) < 4.78 is 17.1. The Hall–Kier alpha value is -4.53. The molecule has 0 saturated carbocycles. The molecule has 0 rings (SSSR count). The fourth-order valence-corrected chi connectivity index (χ4v) is 6.07. The average molecular weight is 872 g/mol. The zero-order valence-electron chi connectivity index (χ0n) is 39.9. The molecule has 0 bridgehead atoms. The molecule has 0 aliphatic heterocycles. The van der Waals surface area contributed by atoms with E-state index >= 15 is 0 Å². The maximum absolute atomic E-state index is 12.8. The number of carbonyl (C=O) groups excluding carboxylic acids is 3. The summed E-state index contributed by atoms with van der Waals surface area (Å²) in [6.45, 7) is 4.31. The van der Waals surface area contributed by atoms with Gasteiger partial charge in [-0.05, 0) is 77.0 Å². The van der Waals surface area contributed by atoms with Gasteiger partial charge in [0.15, 0.2) is 6.10 Å². The van der Waals surface area contributed by atoms with Gasteiger partial charge < -0.3 is 28.6 Å². The van der Waals surface area contributed by atoms with Gasteiger partial charge in [-0.3, -0.25) is 9.59 Å². The lowest BCUT2D eigenvalue weighted by molar-refractivity contribution is -0.889. The van der Waals surface area contributed by atoms with Crippen molar-refractivity contribution in [3.05, 3.63) is 134 Å². The van der Waals surface area contributed by atoms with Crippen molar-refractivity contribution in [2.45, 2.75) is 154 Å². The highest BCUT2D eigenvalue weighted by atomic mass is 16.6. The molecule has 0 aliphatic carbocycles. The van der Waals surface area contributed by atoms with Crippen molar-refractivity contribution in [3.63, 3.8) is 0 Å². The van der Waals surface area contributed by atoms with Crippen molar-refractivity contribution in [3.8, 4) is 0 Å². The largest absolute Gasteiger partial charge is 0.544 e. The van der Waals surface area contributed by atoms with E-state index in [1.54, 1.807) is 21.1 Å². The van der Waals surface area contributed by atoms with Crippen LogP contribution < -0.4 is 5.11 Å². The molecule has 8 nitrogen and oxygen atoms in total. The predicted octanol–water partition coefficient (Wildman–Crippen LogP) is 12.2. The number of hydrogen-bond donors (Lipinski definition) is 0. The van der Waals surface area contributed by atoms with Gasteiger partial charge in [-0.2, -0.15) is 0 Å². The SMILES string of the molecule is CC/C=C/C=C/C=C/C=C/C=C/C=C/CCCCCC(=O)OCC(COCCC(C(=O)[O-])[N+](C)(C)C)OC(=O)CCCCCCCC/C=C/C/C=C/C/C=C/C/C=C/C/C=C/CC. The van der Waals surface area contributed by atoms with Gasteiger partial charge in [0.2, 0.25) is 0 Å². The van der Waals surface area contributed by atoms with Crippen LogP contribution in [0.1, 0.15) is 142 Å². The van der Waals surface area contributed by atoms with Crippen molar-refractivity contribution < 1.29 is 38.2 Å². The Kier molecular flexibility index (Phi) is 40.9. The smallest absolute Gasteiger partial charge is 0.306 e. The van der Waals surface area contributed by atoms with Gasteiger partial charge in [0, 0.05) is 19.3 Å². The number of quaternary nitrogens is 1. The second-order valence-electron chi connectivity index (χ2n) is 16.4. The summed E-state index contributed by atoms with van der Waals surface area (Å²) in [6, 6.07) is -0.746. The lowest BCUT2D eigenvalue weighted by Gasteiger charge is -2.34. The van der Waals surface area contributed by atoms with Crippen LogP contribution in [0.2, 0.25) is 0 Å². The van der Waals surface area contributed by atoms with Crippen LogP contribution in [-0.4, -0.2) is 75.5 Å². The predicted molar refractivity (Wildman–Crippen MR) is 263 cm³/mol. The van der Waals surface area contributed by atoms with E-state index in [1.165, 1.54) is 0 Å². The number of rotatable bonds is 40. The number of unbranched alkanes of at least 4 members (excludes halogenated alkanes) is 9. The number of likely N-dealkylation sites (N-methyl/N-ethyl adjacent to an activating group) is 1. The van der Waals surface area contributed by atoms with Crippen molar-refractivity contribution in [2.75, 3.05) is 41.0 Å². The quantitative estimate of drug-likeness (QED) is 0.0199. The van der Waals surface area contributed by atoms with E-state index in [0.29, 0.717) is 6.42 Å². The first-order chi connectivity index (χ1) is 30.6. The third-order valence-corrected chi connectivity index (χ3v) is 9.69. The molecule has 0 aromatic heterocycles. The Morgan fingerprint density at radius 2 is 0.921 bits per heavy atom. The Labute approximate surface area is 383 Å². The van der Waals surface area contributed by atoms with E-state index in [1.807, 2.05) is 60.8 Å². The monoisotopic (exact) mass is 872 g/mol. The highest BCUT2D eigenvalue weighted by Crippen LogP contribution is 2.12. The normalized spacial score (nSPS) is 14.1. The van der Waals surface area contributed by atoms with Crippen molar-refractivity contribution >= 4 is 17.9 Å². The number of esters is 2. The van der Waals surface area contributed by atoms with E-state index in [4.69, 9.17) is 14.2 Å². The summed E-state index contributed by atoms with van der Waals surface area (Å²) in [5.74, 6) is -1.83. The van der Waals surface area contributed by atoms with E-state index in [2.05, 4.69) is 86.8 Å². The molecule has 352 valence electrons. The summed E-state index contributed by atoms with van der Waals surface area (Å²) in [6.07, 6.45) is 63.3. The summed E-state index contributed by atoms with van der Waals surface area (Å²) in [5.41, 5.74) is 0. The summed E-state index contributed by atoms with van der Waals surface area (Å²) in [7, 11) is 5.37. The van der Waals surface area contributed by atoms with Gasteiger partial charge in [-0.15, -0.1) is 0 Å². The summed E-state index contributed by atoms with van der Waals surface area (Å²) in [4.78, 5) is 37.0. The number of aliphatic carboxylic acids is 1. The Bertz CT molecular complexity index is 1480. The van der Waals surface area contributed by atoms with Crippen LogP contribution in [-0.2, 0) is 28.6 Å². The van der Waals surface area contributed by atoms with E-state index in [9.17, 15) is 19.5 Å². The number of carboxylic acids is 1. The van der Waals surface area contributed by atoms with Gasteiger partial charge in [-0.25, -0.2) is 0 Å². The molecule has 0 aromatic rings. The minimum atomic E-state index is -1.14. The first-order valence-electron chi connectivity index (χ1n) is 23.8. The maximum Gasteiger partial charge on any atom is 0.306 e. The van der Waals surface area contributed by atoms with Crippen LogP contribution in [0.3, 0.4) is 0 Å². The fraction of sp³-hybridized carbons (Fsp3) is 0.545. The molecule has 0 amide bonds. The fourth-order valence-electron chi connectivity index (χ4n) is 6.07. The maximum atomic E-state index is 12.8. The standard InChI is InChI=1S/C55H85NO7/c1-6-8-10-12-14-16-18-20-22-24-25-26-27-28-30-32-34-36-38-40-42-44-46-54(58)63-51(49-61-48-47-52(55(59)60)56(3,4)5)50-62-53(57)45-43-41-39-37-35-33-31-29-23-21-19-17-15-13-11-9-7-2/h8-11,13-17,19-23,25-26,28-31,33,35,51-52H,6-7,12,18,24,27,32,34,36-50H2,1-5H3/b10-8+,11-9+,15-13+,16-14+,19-17+,22-20+,23-21+,26-25+,30-28+,31-29+,35-33+. The molecule has 2 atom stereocenters. The van der Waals surface area contributed by atoms with Crippen molar-refractivity contribution in [1.82, 2.24) is 0 Å². The van der Waals surface area contributed by atoms with E-state index < -0.39 is 18.1 Å². The molecule has 0 heterocycles. The molecular weight excluding hydrogens is 787 g/mol. The minimum absolute atomic E-state index is 0.00930. The molecule has 0 aromatic carbocycles. The Morgan fingerprint density at radius 1 is 0.492 bits per heavy atom. The number of carbonyl (C=O) groups is 3. The Balaban J connectivity index is 4.44. The van der Waals surface area contributed by atoms with Gasteiger partial charge in [0.25, 0.3) is 0 Å². The van der Waals surface area contributed by atoms with Crippen LogP contribution in [0, 0.1) is 0 Å². The van der Waals surface area contributed by atoms with Crippen molar-refractivity contribution in [2.24, 2.45) is 0 Å². The molecule has 0 fully saturated rings. The second kappa shape index (κ2) is 44.1. The van der Waals surface area contributed by atoms with Gasteiger partial charge in [0.05, 0.1) is 40.3 Å². The van der Waals surface area contributed by atoms with Gasteiger partial charge in [-0.1, -0.05) is 180 Å². The molecule has 0 N–H and O–H groups in total.